The number of rotatable bonds is 8. The highest BCUT2D eigenvalue weighted by Gasteiger charge is 2.49. The fourth-order valence-electron chi connectivity index (χ4n) is 4.50. The minimum absolute atomic E-state index is 0.0183. The second-order valence-electron chi connectivity index (χ2n) is 7.71. The van der Waals surface area contributed by atoms with Crippen molar-refractivity contribution in [3.63, 3.8) is 0 Å². The Hall–Kier alpha value is -0.900. The standard InChI is InChI=1S/C20H28Cl2N2O5S/c1-2-29-9-7-23-13-14(6-8-25)18-4-3-5-19(20(23)26)24(18)30(27,28)17-11-15(21)10-16(22)12-17/h10-12,14,18-19,25H,2-9,13H2,1H3. The molecule has 1 amide bonds. The van der Waals surface area contributed by atoms with E-state index in [4.69, 9.17) is 27.9 Å². The van der Waals surface area contributed by atoms with Crippen molar-refractivity contribution in [2.24, 2.45) is 5.92 Å². The molecule has 1 aromatic carbocycles. The molecular formula is C20H28Cl2N2O5S. The SMILES string of the molecule is CCOCCN1CC(CCO)C2CCCC(C1=O)N2S(=O)(=O)c1cc(Cl)cc(Cl)c1. The minimum Gasteiger partial charge on any atom is -0.396 e. The molecule has 0 radical (unpaired) electrons. The maximum absolute atomic E-state index is 13.7. The Morgan fingerprint density at radius 1 is 1.20 bits per heavy atom. The van der Waals surface area contributed by atoms with Gasteiger partial charge in [-0.2, -0.15) is 4.31 Å². The zero-order valence-corrected chi connectivity index (χ0v) is 19.3. The third kappa shape index (κ3) is 4.95. The summed E-state index contributed by atoms with van der Waals surface area (Å²) in [6.45, 7) is 3.55. The minimum atomic E-state index is -4.02. The van der Waals surface area contributed by atoms with Crippen molar-refractivity contribution in [2.45, 2.75) is 49.6 Å². The Morgan fingerprint density at radius 2 is 1.90 bits per heavy atom. The average molecular weight is 479 g/mol. The molecule has 1 aromatic rings. The van der Waals surface area contributed by atoms with Crippen LogP contribution in [0.1, 0.15) is 32.6 Å². The van der Waals surface area contributed by atoms with Crippen LogP contribution in [-0.2, 0) is 19.6 Å². The molecule has 3 rings (SSSR count). The van der Waals surface area contributed by atoms with E-state index in [0.717, 1.165) is 6.42 Å². The summed E-state index contributed by atoms with van der Waals surface area (Å²) in [5, 5.41) is 10.1. The molecule has 10 heteroatoms. The van der Waals surface area contributed by atoms with Gasteiger partial charge in [0, 0.05) is 42.4 Å². The summed E-state index contributed by atoms with van der Waals surface area (Å²) in [6.07, 6.45) is 2.27. The van der Waals surface area contributed by atoms with Gasteiger partial charge in [0.05, 0.1) is 11.5 Å². The summed E-state index contributed by atoms with van der Waals surface area (Å²) in [7, 11) is -4.02. The van der Waals surface area contributed by atoms with Crippen molar-refractivity contribution in [1.82, 2.24) is 9.21 Å². The fraction of sp³-hybridized carbons (Fsp3) is 0.650. The smallest absolute Gasteiger partial charge is 0.244 e. The van der Waals surface area contributed by atoms with E-state index in [1.54, 1.807) is 4.90 Å². The van der Waals surface area contributed by atoms with Crippen LogP contribution in [0, 0.1) is 5.92 Å². The molecule has 2 fully saturated rings. The van der Waals surface area contributed by atoms with E-state index in [1.165, 1.54) is 22.5 Å². The molecule has 3 atom stereocenters. The molecule has 0 aliphatic carbocycles. The number of carbonyl (C=O) groups is 1. The number of aliphatic hydroxyl groups excluding tert-OH is 1. The van der Waals surface area contributed by atoms with Crippen molar-refractivity contribution in [2.75, 3.05) is 32.9 Å². The number of piperidine rings is 1. The second kappa shape index (κ2) is 10.1. The van der Waals surface area contributed by atoms with Crippen molar-refractivity contribution >= 4 is 39.1 Å². The highest BCUT2D eigenvalue weighted by Crippen LogP contribution is 2.38. The van der Waals surface area contributed by atoms with Crippen molar-refractivity contribution in [1.29, 1.82) is 0 Å². The molecule has 1 N–H and O–H groups in total. The highest BCUT2D eigenvalue weighted by molar-refractivity contribution is 7.89. The van der Waals surface area contributed by atoms with E-state index in [1.807, 2.05) is 6.92 Å². The van der Waals surface area contributed by atoms with Gasteiger partial charge in [0.1, 0.15) is 6.04 Å². The maximum atomic E-state index is 13.7. The van der Waals surface area contributed by atoms with Crippen LogP contribution in [0.15, 0.2) is 23.1 Å². The molecule has 168 valence electrons. The number of hydrogen-bond donors (Lipinski definition) is 1. The van der Waals surface area contributed by atoms with Crippen LogP contribution in [0.25, 0.3) is 0 Å². The van der Waals surface area contributed by atoms with Crippen LogP contribution >= 0.6 is 23.2 Å². The van der Waals surface area contributed by atoms with Crippen LogP contribution < -0.4 is 0 Å². The van der Waals surface area contributed by atoms with Crippen molar-refractivity contribution < 1.29 is 23.1 Å². The van der Waals surface area contributed by atoms with Gasteiger partial charge in [0.25, 0.3) is 0 Å². The molecule has 2 saturated heterocycles. The Kier molecular flexibility index (Phi) is 8.03. The van der Waals surface area contributed by atoms with Gasteiger partial charge >= 0.3 is 0 Å². The quantitative estimate of drug-likeness (QED) is 0.580. The van der Waals surface area contributed by atoms with Crippen LogP contribution in [0.5, 0.6) is 0 Å². The van der Waals surface area contributed by atoms with E-state index in [-0.39, 0.29) is 39.4 Å². The van der Waals surface area contributed by atoms with Crippen LogP contribution in [0.2, 0.25) is 10.0 Å². The molecular weight excluding hydrogens is 451 g/mol. The topological polar surface area (TPSA) is 87.2 Å². The normalized spacial score (nSPS) is 25.4. The first-order valence-electron chi connectivity index (χ1n) is 10.3. The third-order valence-corrected chi connectivity index (χ3v) is 8.18. The molecule has 2 aliphatic rings. The van der Waals surface area contributed by atoms with Gasteiger partial charge in [-0.1, -0.05) is 23.2 Å². The molecule has 30 heavy (non-hydrogen) atoms. The number of aliphatic hydroxyl groups is 1. The highest BCUT2D eigenvalue weighted by atomic mass is 35.5. The number of fused-ring (bicyclic) bond motifs is 2. The monoisotopic (exact) mass is 478 g/mol. The van der Waals surface area contributed by atoms with Gasteiger partial charge in [-0.05, 0) is 56.7 Å². The number of carbonyl (C=O) groups excluding carboxylic acids is 1. The molecule has 3 unspecified atom stereocenters. The summed E-state index contributed by atoms with van der Waals surface area (Å²) in [5.74, 6) is -0.383. The second-order valence-corrected chi connectivity index (χ2v) is 10.4. The molecule has 7 nitrogen and oxygen atoms in total. The number of ether oxygens (including phenoxy) is 1. The number of nitrogens with zero attached hydrogens (tertiary/aromatic N) is 2. The van der Waals surface area contributed by atoms with Gasteiger partial charge in [0.2, 0.25) is 15.9 Å². The molecule has 0 aromatic heterocycles. The van der Waals surface area contributed by atoms with Crippen LogP contribution in [0.3, 0.4) is 0 Å². The van der Waals surface area contributed by atoms with Crippen LogP contribution in [-0.4, -0.2) is 73.6 Å². The summed E-state index contributed by atoms with van der Waals surface area (Å²) in [5.41, 5.74) is 0. The summed E-state index contributed by atoms with van der Waals surface area (Å²) in [4.78, 5) is 15.0. The first kappa shape index (κ1) is 23.8. The van der Waals surface area contributed by atoms with Crippen molar-refractivity contribution in [3.8, 4) is 0 Å². The van der Waals surface area contributed by atoms with Gasteiger partial charge < -0.3 is 14.7 Å². The lowest BCUT2D eigenvalue weighted by molar-refractivity contribution is -0.135. The molecule has 2 aliphatic heterocycles. The van der Waals surface area contributed by atoms with E-state index in [9.17, 15) is 18.3 Å². The lowest BCUT2D eigenvalue weighted by atomic mass is 9.88. The van der Waals surface area contributed by atoms with E-state index in [2.05, 4.69) is 0 Å². The predicted octanol–water partition coefficient (Wildman–Crippen LogP) is 2.78. The fourth-order valence-corrected chi connectivity index (χ4v) is 7.12. The van der Waals surface area contributed by atoms with E-state index in [0.29, 0.717) is 45.6 Å². The predicted molar refractivity (Wildman–Crippen MR) is 115 cm³/mol. The molecule has 0 saturated carbocycles. The first-order chi connectivity index (χ1) is 14.3. The molecule has 2 bridgehead atoms. The number of sulfonamides is 1. The number of benzene rings is 1. The Bertz CT molecular complexity index is 847. The van der Waals surface area contributed by atoms with E-state index < -0.39 is 16.1 Å². The Morgan fingerprint density at radius 3 is 2.53 bits per heavy atom. The first-order valence-corrected chi connectivity index (χ1v) is 12.5. The number of halogens is 2. The van der Waals surface area contributed by atoms with Crippen molar-refractivity contribution in [3.05, 3.63) is 28.2 Å². The summed E-state index contributed by atoms with van der Waals surface area (Å²) in [6, 6.07) is 3.04. The van der Waals surface area contributed by atoms with Gasteiger partial charge in [-0.25, -0.2) is 8.42 Å². The number of amides is 1. The lowest BCUT2D eigenvalue weighted by Gasteiger charge is -2.40. The largest absolute Gasteiger partial charge is 0.396 e. The van der Waals surface area contributed by atoms with Crippen LogP contribution in [0.4, 0.5) is 0 Å². The van der Waals surface area contributed by atoms with Gasteiger partial charge in [0.15, 0.2) is 0 Å². The molecule has 0 spiro atoms. The Balaban J connectivity index is 2.03. The third-order valence-electron chi connectivity index (χ3n) is 5.83. The number of hydrogen-bond acceptors (Lipinski definition) is 5. The molecule has 2 heterocycles. The zero-order chi connectivity index (χ0) is 21.9. The average Bonchev–Trinajstić information content (AvgIpc) is 2.76. The van der Waals surface area contributed by atoms with Gasteiger partial charge in [-0.15, -0.1) is 0 Å². The zero-order valence-electron chi connectivity index (χ0n) is 17.0. The van der Waals surface area contributed by atoms with E-state index >= 15 is 0 Å². The summed E-state index contributed by atoms with van der Waals surface area (Å²) >= 11 is 12.1. The van der Waals surface area contributed by atoms with Gasteiger partial charge in [-0.3, -0.25) is 4.79 Å². The lowest BCUT2D eigenvalue weighted by Crippen LogP contribution is -2.55. The Labute approximate surface area is 187 Å². The maximum Gasteiger partial charge on any atom is 0.244 e. The summed E-state index contributed by atoms with van der Waals surface area (Å²) < 4.78 is 34.1.